The van der Waals surface area contributed by atoms with Gasteiger partial charge in [-0.1, -0.05) is 41.9 Å². The van der Waals surface area contributed by atoms with E-state index in [2.05, 4.69) is 64.3 Å². The molecule has 1 aromatic carbocycles. The number of hydrogen-bond acceptors (Lipinski definition) is 2. The zero-order valence-electron chi connectivity index (χ0n) is 12.0. The molecular weight excluding hydrogens is 300 g/mol. The maximum Gasteiger partial charge on any atom is 0.0234 e. The zero-order chi connectivity index (χ0) is 13.7. The fourth-order valence-electron chi connectivity index (χ4n) is 2.69. The highest BCUT2D eigenvalue weighted by Crippen LogP contribution is 2.19. The summed E-state index contributed by atoms with van der Waals surface area (Å²) in [6.45, 7) is 10.4. The Labute approximate surface area is 125 Å². The Bertz CT molecular complexity index is 392. The minimum atomic E-state index is 0.749. The van der Waals surface area contributed by atoms with Crippen molar-refractivity contribution in [2.24, 2.45) is 11.8 Å². The fraction of sp³-hybridized carbons (Fsp3) is 0.625. The lowest BCUT2D eigenvalue weighted by Crippen LogP contribution is -2.28. The van der Waals surface area contributed by atoms with Crippen molar-refractivity contribution >= 4 is 15.9 Å². The van der Waals surface area contributed by atoms with Gasteiger partial charge in [-0.05, 0) is 55.6 Å². The molecule has 3 heteroatoms. The molecular formula is C16H25BrN2. The van der Waals surface area contributed by atoms with E-state index < -0.39 is 0 Å². The van der Waals surface area contributed by atoms with Crippen LogP contribution < -0.4 is 5.32 Å². The molecule has 1 aliphatic rings. The smallest absolute Gasteiger partial charge is 0.0234 e. The van der Waals surface area contributed by atoms with E-state index in [4.69, 9.17) is 0 Å². The Balaban J connectivity index is 1.73. The van der Waals surface area contributed by atoms with E-state index in [1.165, 1.54) is 36.1 Å². The molecule has 19 heavy (non-hydrogen) atoms. The van der Waals surface area contributed by atoms with Crippen LogP contribution in [-0.4, -0.2) is 31.1 Å². The predicted octanol–water partition coefficient (Wildman–Crippen LogP) is 3.52. The molecule has 1 aliphatic heterocycles. The normalized spacial score (nSPS) is 20.3. The monoisotopic (exact) mass is 324 g/mol. The third kappa shape index (κ3) is 5.25. The molecule has 1 N–H and O–H groups in total. The minimum absolute atomic E-state index is 0.749. The third-order valence-electron chi connectivity index (χ3n) is 3.65. The lowest BCUT2D eigenvalue weighted by molar-refractivity contribution is 0.313. The summed E-state index contributed by atoms with van der Waals surface area (Å²) in [6.07, 6.45) is 1.33. The Morgan fingerprint density at radius 3 is 3.00 bits per heavy atom. The summed E-state index contributed by atoms with van der Waals surface area (Å²) in [5.74, 6) is 1.57. The Morgan fingerprint density at radius 1 is 1.42 bits per heavy atom. The lowest BCUT2D eigenvalue weighted by Gasteiger charge is -2.17. The van der Waals surface area contributed by atoms with Gasteiger partial charge in [0.25, 0.3) is 0 Å². The maximum atomic E-state index is 3.59. The minimum Gasteiger partial charge on any atom is -0.316 e. The highest BCUT2D eigenvalue weighted by atomic mass is 79.9. The molecule has 1 unspecified atom stereocenters. The summed E-state index contributed by atoms with van der Waals surface area (Å²) < 4.78 is 1.18. The van der Waals surface area contributed by atoms with Crippen molar-refractivity contribution in [2.45, 2.75) is 26.8 Å². The second kappa shape index (κ2) is 7.41. The molecule has 1 heterocycles. The topological polar surface area (TPSA) is 15.3 Å². The molecule has 2 nitrogen and oxygen atoms in total. The molecule has 0 radical (unpaired) electrons. The quantitative estimate of drug-likeness (QED) is 0.861. The molecule has 1 aromatic rings. The SMILES string of the molecule is CC(C)CNCC1CCN(Cc2cccc(Br)c2)C1. The van der Waals surface area contributed by atoms with E-state index in [1.54, 1.807) is 0 Å². The number of nitrogens with one attached hydrogen (secondary N) is 1. The highest BCUT2D eigenvalue weighted by Gasteiger charge is 2.21. The molecule has 1 atom stereocenters. The molecule has 0 aromatic heterocycles. The van der Waals surface area contributed by atoms with Crippen LogP contribution in [-0.2, 0) is 6.54 Å². The largest absolute Gasteiger partial charge is 0.316 e. The zero-order valence-corrected chi connectivity index (χ0v) is 13.6. The van der Waals surface area contributed by atoms with Gasteiger partial charge in [-0.2, -0.15) is 0 Å². The van der Waals surface area contributed by atoms with E-state index >= 15 is 0 Å². The van der Waals surface area contributed by atoms with Crippen molar-refractivity contribution < 1.29 is 0 Å². The number of halogens is 1. The van der Waals surface area contributed by atoms with Crippen molar-refractivity contribution in [3.05, 3.63) is 34.3 Å². The lowest BCUT2D eigenvalue weighted by atomic mass is 10.1. The van der Waals surface area contributed by atoms with E-state index in [9.17, 15) is 0 Å². The van der Waals surface area contributed by atoms with Crippen LogP contribution in [0.4, 0.5) is 0 Å². The molecule has 106 valence electrons. The molecule has 0 bridgehead atoms. The van der Waals surface area contributed by atoms with Crippen LogP contribution in [0.5, 0.6) is 0 Å². The summed E-state index contributed by atoms with van der Waals surface area (Å²) in [5.41, 5.74) is 1.41. The van der Waals surface area contributed by atoms with Crippen molar-refractivity contribution in [3.8, 4) is 0 Å². The van der Waals surface area contributed by atoms with Crippen LogP contribution in [0.25, 0.3) is 0 Å². The van der Waals surface area contributed by atoms with Crippen molar-refractivity contribution in [2.75, 3.05) is 26.2 Å². The van der Waals surface area contributed by atoms with Gasteiger partial charge in [-0.15, -0.1) is 0 Å². The average molecular weight is 325 g/mol. The number of rotatable bonds is 6. The number of hydrogen-bond donors (Lipinski definition) is 1. The van der Waals surface area contributed by atoms with E-state index in [0.29, 0.717) is 0 Å². The maximum absolute atomic E-state index is 3.59. The predicted molar refractivity (Wildman–Crippen MR) is 85.2 cm³/mol. The van der Waals surface area contributed by atoms with Crippen molar-refractivity contribution in [1.29, 1.82) is 0 Å². The van der Waals surface area contributed by atoms with Crippen LogP contribution in [0.15, 0.2) is 28.7 Å². The van der Waals surface area contributed by atoms with E-state index in [1.807, 2.05) is 0 Å². The molecule has 1 saturated heterocycles. The average Bonchev–Trinajstić information content (AvgIpc) is 2.76. The van der Waals surface area contributed by atoms with E-state index in [0.717, 1.165) is 24.9 Å². The summed E-state index contributed by atoms with van der Waals surface area (Å²) in [4.78, 5) is 2.57. The summed E-state index contributed by atoms with van der Waals surface area (Å²) in [7, 11) is 0. The van der Waals surface area contributed by atoms with Gasteiger partial charge in [-0.3, -0.25) is 4.90 Å². The Kier molecular flexibility index (Phi) is 5.86. The van der Waals surface area contributed by atoms with Gasteiger partial charge in [0.05, 0.1) is 0 Å². The first-order chi connectivity index (χ1) is 9.13. The first-order valence-electron chi connectivity index (χ1n) is 7.31. The van der Waals surface area contributed by atoms with Gasteiger partial charge < -0.3 is 5.32 Å². The summed E-state index contributed by atoms with van der Waals surface area (Å²) in [6, 6.07) is 8.66. The first-order valence-corrected chi connectivity index (χ1v) is 8.10. The fourth-order valence-corrected chi connectivity index (χ4v) is 3.14. The van der Waals surface area contributed by atoms with Gasteiger partial charge in [0, 0.05) is 17.6 Å². The van der Waals surface area contributed by atoms with Crippen LogP contribution in [0.2, 0.25) is 0 Å². The van der Waals surface area contributed by atoms with Crippen LogP contribution in [0.3, 0.4) is 0 Å². The third-order valence-corrected chi connectivity index (χ3v) is 4.14. The molecule has 0 aliphatic carbocycles. The van der Waals surface area contributed by atoms with Gasteiger partial charge in [0.2, 0.25) is 0 Å². The summed E-state index contributed by atoms with van der Waals surface area (Å²) >= 11 is 3.54. The van der Waals surface area contributed by atoms with Gasteiger partial charge in [0.1, 0.15) is 0 Å². The van der Waals surface area contributed by atoms with Crippen LogP contribution in [0.1, 0.15) is 25.8 Å². The number of likely N-dealkylation sites (tertiary alicyclic amines) is 1. The molecule has 0 amide bonds. The number of nitrogens with zero attached hydrogens (tertiary/aromatic N) is 1. The van der Waals surface area contributed by atoms with E-state index in [-0.39, 0.29) is 0 Å². The number of benzene rings is 1. The Morgan fingerprint density at radius 2 is 2.26 bits per heavy atom. The standard InChI is InChI=1S/C16H25BrN2/c1-13(2)9-18-10-15-6-7-19(12-15)11-14-4-3-5-16(17)8-14/h3-5,8,13,15,18H,6-7,9-12H2,1-2H3. The van der Waals surface area contributed by atoms with Crippen molar-refractivity contribution in [1.82, 2.24) is 10.2 Å². The van der Waals surface area contributed by atoms with Gasteiger partial charge in [-0.25, -0.2) is 0 Å². The van der Waals surface area contributed by atoms with Crippen LogP contribution >= 0.6 is 15.9 Å². The second-order valence-corrected chi connectivity index (χ2v) is 6.99. The summed E-state index contributed by atoms with van der Waals surface area (Å²) in [5, 5.41) is 3.59. The Hall–Kier alpha value is -0.380. The van der Waals surface area contributed by atoms with Gasteiger partial charge >= 0.3 is 0 Å². The van der Waals surface area contributed by atoms with Crippen molar-refractivity contribution in [3.63, 3.8) is 0 Å². The molecule has 1 fully saturated rings. The molecule has 0 saturated carbocycles. The molecule has 0 spiro atoms. The highest BCUT2D eigenvalue weighted by molar-refractivity contribution is 9.10. The molecule has 2 rings (SSSR count). The second-order valence-electron chi connectivity index (χ2n) is 6.07. The van der Waals surface area contributed by atoms with Crippen LogP contribution in [0, 0.1) is 11.8 Å². The first kappa shape index (κ1) is 15.0. The van der Waals surface area contributed by atoms with Gasteiger partial charge in [0.15, 0.2) is 0 Å².